The lowest BCUT2D eigenvalue weighted by Crippen LogP contribution is -2.30. The molecule has 9 heteroatoms. The van der Waals surface area contributed by atoms with Crippen LogP contribution in [-0.2, 0) is 48.7 Å². The number of fused-ring (bicyclic) bond motifs is 19. The van der Waals surface area contributed by atoms with Crippen molar-refractivity contribution in [1.82, 2.24) is 13.4 Å². The van der Waals surface area contributed by atoms with E-state index >= 15 is 0 Å². The van der Waals surface area contributed by atoms with Gasteiger partial charge in [0.1, 0.15) is 50.3 Å². The van der Waals surface area contributed by atoms with Crippen molar-refractivity contribution in [1.29, 1.82) is 0 Å². The normalized spacial score (nSPS) is 9.57. The van der Waals surface area contributed by atoms with Crippen molar-refractivity contribution in [2.75, 3.05) is 0 Å². The quantitative estimate of drug-likeness (QED) is 0.122. The molecular weight excluding hydrogens is 1820 g/mol. The van der Waals surface area contributed by atoms with Crippen molar-refractivity contribution < 1.29 is 27.4 Å². The van der Waals surface area contributed by atoms with Crippen molar-refractivity contribution in [3.63, 3.8) is 0 Å². The van der Waals surface area contributed by atoms with E-state index < -0.39 is 0 Å². The van der Waals surface area contributed by atoms with Crippen molar-refractivity contribution >= 4 is 87.5 Å². The third-order valence-corrected chi connectivity index (χ3v) is 23.7. The van der Waals surface area contributed by atoms with E-state index in [0.29, 0.717) is 0 Å². The van der Waals surface area contributed by atoms with E-state index in [1.165, 1.54) is 194 Å². The maximum Gasteiger partial charge on any atom is 0.295 e. The maximum atomic E-state index is 2.40. The van der Waals surface area contributed by atoms with Crippen LogP contribution in [0.3, 0.4) is 0 Å². The Bertz CT molecular complexity index is 7340. The van der Waals surface area contributed by atoms with Gasteiger partial charge in [-0.1, -0.05) is 446 Å². The molecule has 0 unspecified atom stereocenters. The number of hydrogen-bond donors (Lipinski definition) is 0. The summed E-state index contributed by atoms with van der Waals surface area (Å²) in [6, 6.07) is 120. The van der Waals surface area contributed by atoms with Gasteiger partial charge >= 0.3 is 0 Å². The summed E-state index contributed by atoms with van der Waals surface area (Å²) in [5.41, 5.74) is 33.9. The van der Waals surface area contributed by atoms with Gasteiger partial charge in [-0.15, -0.1) is 0 Å². The second-order valence-electron chi connectivity index (χ2n) is 31.2. The number of aryl methyl sites for hydroxylation is 12. The molecule has 150 heavy (non-hydrogen) atoms. The van der Waals surface area contributed by atoms with Gasteiger partial charge in [0.25, 0.3) is 17.1 Å². The molecule has 22 rings (SSSR count). The SMILES string of the molecule is CC.CC.CC.CC.CC.CC.CC.CC.CC.CC.CC.CC.CC.CC.CC.CC.Cc1ccc2c(c1-c1cccc[n+]1C)Cc1ccccc1-2.Cc1cccc2c3ccccc3n3c4ccccc4[n+](C)c3c12.Cc1cccc2c3ccccc3n3cc[n+](C)c3c12.Cc1ccccc1-c1c2ccccc2cc[n+]1C.Cc1ccccc1-c1cccc[n+]1C.Cc1ccccc1-c1n(-c2ccccc2)c2ccccc2[n+]1C. The number of aromatic nitrogens is 9. The summed E-state index contributed by atoms with van der Waals surface area (Å²) < 4.78 is 20.4. The Hall–Kier alpha value is -14.3. The summed E-state index contributed by atoms with van der Waals surface area (Å²) in [4.78, 5) is 0. The highest BCUT2D eigenvalue weighted by Gasteiger charge is 2.30. The third kappa shape index (κ3) is 32.4. The van der Waals surface area contributed by atoms with Crippen LogP contribution in [0.25, 0.3) is 149 Å². The molecule has 0 spiro atoms. The summed E-state index contributed by atoms with van der Waals surface area (Å²) in [7, 11) is 12.7. The number of rotatable bonds is 5. The van der Waals surface area contributed by atoms with E-state index in [0.717, 1.165) is 6.42 Å². The largest absolute Gasteiger partial charge is 0.295 e. The van der Waals surface area contributed by atoms with Gasteiger partial charge in [-0.2, -0.15) is 13.4 Å². The fourth-order valence-corrected chi connectivity index (χ4v) is 17.9. The molecule has 21 aromatic rings. The number of imidazole rings is 3. The van der Waals surface area contributed by atoms with Crippen LogP contribution >= 0.6 is 0 Å². The highest BCUT2D eigenvalue weighted by atomic mass is 15.2. The molecule has 798 valence electrons. The van der Waals surface area contributed by atoms with E-state index in [4.69, 9.17) is 0 Å². The fourth-order valence-electron chi connectivity index (χ4n) is 17.9. The molecule has 9 nitrogen and oxygen atoms in total. The summed E-state index contributed by atoms with van der Waals surface area (Å²) >= 11 is 0. The average Bonchev–Trinajstić information content (AvgIpc) is 1.55. The van der Waals surface area contributed by atoms with Crippen molar-refractivity contribution in [2.45, 2.75) is 270 Å². The smallest absolute Gasteiger partial charge is 0.232 e. The van der Waals surface area contributed by atoms with Gasteiger partial charge in [-0.05, 0) is 194 Å². The zero-order valence-electron chi connectivity index (χ0n) is 101. The lowest BCUT2D eigenvalue weighted by molar-refractivity contribution is -0.660. The van der Waals surface area contributed by atoms with Gasteiger partial charge < -0.3 is 0 Å². The van der Waals surface area contributed by atoms with Crippen LogP contribution in [0.2, 0.25) is 0 Å². The molecule has 0 bridgehead atoms. The molecule has 1 aliphatic carbocycles. The van der Waals surface area contributed by atoms with E-state index in [-0.39, 0.29) is 0 Å². The summed E-state index contributed by atoms with van der Waals surface area (Å²) in [5, 5.41) is 10.5. The average molecular weight is 2020 g/mol. The van der Waals surface area contributed by atoms with Gasteiger partial charge in [-0.25, -0.2) is 27.4 Å². The topological polar surface area (TPSA) is 37.0 Å². The minimum atomic E-state index is 1.04. The summed E-state index contributed by atoms with van der Waals surface area (Å²) in [6.07, 6.45) is 11.6. The Morgan fingerprint density at radius 1 is 0.227 bits per heavy atom. The Labute approximate surface area is 911 Å². The van der Waals surface area contributed by atoms with Crippen LogP contribution in [0.1, 0.15) is 266 Å². The molecule has 0 radical (unpaired) electrons. The molecule has 0 fully saturated rings. The number of para-hydroxylation sites is 7. The van der Waals surface area contributed by atoms with Crippen LogP contribution in [0, 0.1) is 41.5 Å². The molecule has 13 aromatic carbocycles. The minimum Gasteiger partial charge on any atom is -0.232 e. The summed E-state index contributed by atoms with van der Waals surface area (Å²) in [5.74, 6) is 1.20. The molecule has 0 aliphatic heterocycles. The van der Waals surface area contributed by atoms with Gasteiger partial charge in [0.15, 0.2) is 40.7 Å². The second-order valence-corrected chi connectivity index (χ2v) is 31.2. The van der Waals surface area contributed by atoms with E-state index in [2.05, 4.69) is 489 Å². The Morgan fingerprint density at radius 3 is 1.11 bits per heavy atom. The highest BCUT2D eigenvalue weighted by molar-refractivity contribution is 6.14. The predicted molar refractivity (Wildman–Crippen MR) is 669 cm³/mol. The number of pyridine rings is 5. The first-order valence-corrected chi connectivity index (χ1v) is 56.8. The maximum absolute atomic E-state index is 2.40. The molecule has 0 atom stereocenters. The first-order valence-electron chi connectivity index (χ1n) is 56.8. The predicted octanol–water partition coefficient (Wildman–Crippen LogP) is 38.9. The molecule has 1 aliphatic rings. The van der Waals surface area contributed by atoms with Gasteiger partial charge in [0.05, 0.1) is 48.4 Å². The molecule has 8 heterocycles. The lowest BCUT2D eigenvalue weighted by atomic mass is 9.94. The lowest BCUT2D eigenvalue weighted by Gasteiger charge is -2.10. The van der Waals surface area contributed by atoms with E-state index in [9.17, 15) is 0 Å². The van der Waals surface area contributed by atoms with Crippen LogP contribution in [0.5, 0.6) is 0 Å². The summed E-state index contributed by atoms with van der Waals surface area (Å²) in [6.45, 7) is 77.1. The Balaban J connectivity index is 0.000000856. The van der Waals surface area contributed by atoms with Crippen molar-refractivity contribution in [3.05, 3.63) is 415 Å². The van der Waals surface area contributed by atoms with E-state index in [1.807, 2.05) is 228 Å². The zero-order valence-corrected chi connectivity index (χ0v) is 101. The molecule has 0 amide bonds. The Morgan fingerprint density at radius 2 is 0.607 bits per heavy atom. The van der Waals surface area contributed by atoms with Gasteiger partial charge in [-0.3, -0.25) is 0 Å². The first kappa shape index (κ1) is 134. The van der Waals surface area contributed by atoms with Crippen LogP contribution in [0.15, 0.2) is 371 Å². The zero-order chi connectivity index (χ0) is 113. The number of hydrogen-bond acceptors (Lipinski definition) is 0. The number of nitrogens with zero attached hydrogens (tertiary/aromatic N) is 9. The Kier molecular flexibility index (Phi) is 66.5. The standard InChI is InChI=1S/C21H17N2.C21H19N2.C20H18N.C17H15N2.C17H16N.C13H14N.16C2H6/c1-14-8-7-10-16-15-9-3-4-11-17(15)23-19-13-6-5-12-18(19)22(2)21(23)20(14)16;1-16-10-6-7-13-18(16)21-22(2)19-14-8-9-15-20(19)23(21)17-11-4-3-5-12-17;1-14-10-11-17-16-8-4-3-7-15(16)13-18(17)20(14)19-9-5-6-12-21(19)2;1-12-6-5-8-14-13-7-3-4-9-15(13)19-11-10-18(2)17(19)16(12)14;1-13-7-3-5-9-15(13)17-16-10-6-4-8-14(16)11-12-18(17)2;1-11-7-3-4-8-12(11)13-9-5-6-10-14(13)2;16*1-2/h3-13H,1-2H3;3-15H,1-2H3;3-12H,13H2,1-2H3;3-11H,1-2H3;3-12H,1-2H3;3-10H,1-2H3;16*1-2H3/q6*+1;;;;;;;;;;;;;;;;. The van der Waals surface area contributed by atoms with Gasteiger partial charge in [0, 0.05) is 63.0 Å². The molecular formula is C141H195N9+6. The molecule has 0 N–H and O–H groups in total. The highest BCUT2D eigenvalue weighted by Crippen LogP contribution is 2.43. The molecule has 0 saturated heterocycles. The van der Waals surface area contributed by atoms with E-state index in [1.54, 1.807) is 0 Å². The van der Waals surface area contributed by atoms with Gasteiger partial charge in [0.2, 0.25) is 17.1 Å². The monoisotopic (exact) mass is 2010 g/mol. The van der Waals surface area contributed by atoms with Crippen molar-refractivity contribution in [3.8, 4) is 62.0 Å². The second kappa shape index (κ2) is 74.6. The van der Waals surface area contributed by atoms with Crippen LogP contribution in [0.4, 0.5) is 0 Å². The van der Waals surface area contributed by atoms with Crippen LogP contribution < -0.4 is 27.4 Å². The first-order chi connectivity index (χ1) is 73.6. The third-order valence-electron chi connectivity index (χ3n) is 23.7. The fraction of sp³-hybridized carbons (Fsp3) is 0.319. The van der Waals surface area contributed by atoms with Crippen LogP contribution in [-0.4, -0.2) is 13.4 Å². The minimum absolute atomic E-state index is 1.04. The number of benzene rings is 13. The molecule has 8 aromatic heterocycles. The molecule has 0 saturated carbocycles. The van der Waals surface area contributed by atoms with Crippen molar-refractivity contribution in [2.24, 2.45) is 42.3 Å².